The fraction of sp³-hybridized carbons (Fsp3) is 0.125. The normalized spacial score (nSPS) is 7.40. The molecular weight excluding hydrogens is 239 g/mol. The van der Waals surface area contributed by atoms with Crippen LogP contribution in [0.1, 0.15) is 6.92 Å². The first-order valence-corrected chi connectivity index (χ1v) is 3.99. The average molecular weight is 248 g/mol. The van der Waals surface area contributed by atoms with Crippen LogP contribution < -0.4 is 0 Å². The second-order valence-electron chi connectivity index (χ2n) is 1.53. The third-order valence-corrected chi connectivity index (χ3v) is 1.45. The van der Waals surface area contributed by atoms with Crippen LogP contribution in [0.2, 0.25) is 0 Å². The monoisotopic (exact) mass is 248 g/mol. The molecule has 0 unspecified atom stereocenters. The molecule has 0 saturated heterocycles. The Kier molecular flexibility index (Phi) is 6.48. The third-order valence-electron chi connectivity index (χ3n) is 0.733. The lowest BCUT2D eigenvalue weighted by atomic mass is 10.4. The Morgan fingerprint density at radius 2 is 1.70 bits per heavy atom. The molecule has 0 atom stereocenters. The Morgan fingerprint density at radius 3 is 1.90 bits per heavy atom. The van der Waals surface area contributed by atoms with Crippen molar-refractivity contribution in [2.45, 2.75) is 6.92 Å². The van der Waals surface area contributed by atoms with E-state index in [1.165, 1.54) is 10.5 Å². The van der Waals surface area contributed by atoms with Crippen LogP contribution in [0.4, 0.5) is 0 Å². The molecule has 54 valence electrons. The topological polar surface area (TPSA) is 17.1 Å². The predicted molar refractivity (Wildman–Crippen MR) is 50.9 cm³/mol. The van der Waals surface area contributed by atoms with Crippen LogP contribution in [0.3, 0.4) is 0 Å². The Bertz CT molecular complexity index is 172. The molecule has 0 aliphatic carbocycles. The van der Waals surface area contributed by atoms with Gasteiger partial charge in [0.05, 0.1) is 0 Å². The van der Waals surface area contributed by atoms with Crippen LogP contribution in [-0.4, -0.2) is 6.29 Å². The first kappa shape index (κ1) is 9.62. The maximum Gasteiger partial charge on any atom is 0.116 e. The van der Waals surface area contributed by atoms with Gasteiger partial charge in [-0.1, -0.05) is 18.2 Å². The molecule has 2 heteroatoms. The summed E-state index contributed by atoms with van der Waals surface area (Å²) in [5.41, 5.74) is 0. The highest BCUT2D eigenvalue weighted by Gasteiger charge is 1.74. The molecule has 0 fully saturated rings. The van der Waals surface area contributed by atoms with Crippen molar-refractivity contribution in [2.24, 2.45) is 0 Å². The molecule has 0 aliphatic heterocycles. The van der Waals surface area contributed by atoms with Crippen molar-refractivity contribution in [2.75, 3.05) is 0 Å². The minimum Gasteiger partial charge on any atom is -0.304 e. The van der Waals surface area contributed by atoms with E-state index in [9.17, 15) is 0 Å². The highest BCUT2D eigenvalue weighted by molar-refractivity contribution is 14.1. The molecule has 0 aliphatic rings. The fourth-order valence-electron chi connectivity index (χ4n) is 0.415. The maximum atomic E-state index is 8.81. The molecule has 10 heavy (non-hydrogen) atoms. The van der Waals surface area contributed by atoms with E-state index in [0.717, 1.165) is 6.29 Å². The molecule has 1 aromatic rings. The number of carbonyl (C=O) groups excluding carboxylic acids is 1. The summed E-state index contributed by atoms with van der Waals surface area (Å²) in [5, 5.41) is 0. The quantitative estimate of drug-likeness (QED) is 0.509. The Hall–Kier alpha value is -0.380. The number of hydrogen-bond donors (Lipinski definition) is 0. The Morgan fingerprint density at radius 1 is 1.30 bits per heavy atom. The van der Waals surface area contributed by atoms with Crippen LogP contribution in [-0.2, 0) is 4.79 Å². The summed E-state index contributed by atoms with van der Waals surface area (Å²) in [6, 6.07) is 10.2. The van der Waals surface area contributed by atoms with E-state index in [2.05, 4.69) is 34.7 Å². The average Bonchev–Trinajstić information content (AvgIpc) is 1.91. The first-order chi connectivity index (χ1) is 4.81. The first-order valence-electron chi connectivity index (χ1n) is 2.91. The second kappa shape index (κ2) is 6.74. The van der Waals surface area contributed by atoms with Gasteiger partial charge in [0.15, 0.2) is 0 Å². The van der Waals surface area contributed by atoms with E-state index in [0.29, 0.717) is 0 Å². The minimum absolute atomic E-state index is 0.750. The standard InChI is InChI=1S/C6H5I.C2H4O/c7-6-4-2-1-3-5-6;1-2-3/h1-5H;2H,1H3. The molecular formula is C8H9IO. The van der Waals surface area contributed by atoms with Gasteiger partial charge >= 0.3 is 0 Å². The summed E-state index contributed by atoms with van der Waals surface area (Å²) in [7, 11) is 0. The van der Waals surface area contributed by atoms with Crippen LogP contribution in [0.15, 0.2) is 30.3 Å². The molecule has 0 spiro atoms. The van der Waals surface area contributed by atoms with Crippen LogP contribution in [0, 0.1) is 3.57 Å². The second-order valence-corrected chi connectivity index (χ2v) is 2.78. The largest absolute Gasteiger partial charge is 0.304 e. The summed E-state index contributed by atoms with van der Waals surface area (Å²) in [6.45, 7) is 1.44. The number of rotatable bonds is 0. The molecule has 0 amide bonds. The fourth-order valence-corrected chi connectivity index (χ4v) is 0.830. The summed E-state index contributed by atoms with van der Waals surface area (Å²) in [5.74, 6) is 0. The van der Waals surface area contributed by atoms with E-state index in [4.69, 9.17) is 4.79 Å². The highest BCUT2D eigenvalue weighted by Crippen LogP contribution is 1.99. The summed E-state index contributed by atoms with van der Waals surface area (Å²) < 4.78 is 1.29. The van der Waals surface area contributed by atoms with Gasteiger partial charge in [-0.05, 0) is 41.6 Å². The molecule has 1 aromatic carbocycles. The van der Waals surface area contributed by atoms with Gasteiger partial charge in [0.25, 0.3) is 0 Å². The lowest BCUT2D eigenvalue weighted by molar-refractivity contribution is -0.106. The number of benzene rings is 1. The van der Waals surface area contributed by atoms with E-state index in [1.54, 1.807) is 0 Å². The number of carbonyl (C=O) groups is 1. The highest BCUT2D eigenvalue weighted by atomic mass is 127. The number of hydrogen-bond acceptors (Lipinski definition) is 1. The molecule has 0 radical (unpaired) electrons. The van der Waals surface area contributed by atoms with Gasteiger partial charge in [-0.2, -0.15) is 0 Å². The van der Waals surface area contributed by atoms with Crippen molar-refractivity contribution in [1.82, 2.24) is 0 Å². The summed E-state index contributed by atoms with van der Waals surface area (Å²) in [4.78, 5) is 8.81. The van der Waals surface area contributed by atoms with Crippen LogP contribution >= 0.6 is 22.6 Å². The van der Waals surface area contributed by atoms with E-state index in [1.807, 2.05) is 18.2 Å². The van der Waals surface area contributed by atoms with Crippen molar-refractivity contribution in [3.05, 3.63) is 33.9 Å². The Labute approximate surface area is 74.6 Å². The SMILES string of the molecule is CC=O.Ic1ccccc1. The van der Waals surface area contributed by atoms with E-state index in [-0.39, 0.29) is 0 Å². The molecule has 0 N–H and O–H groups in total. The van der Waals surface area contributed by atoms with Gasteiger partial charge < -0.3 is 4.79 Å². The van der Waals surface area contributed by atoms with Crippen molar-refractivity contribution >= 4 is 28.9 Å². The molecule has 1 rings (SSSR count). The molecule has 0 saturated carbocycles. The smallest absolute Gasteiger partial charge is 0.116 e. The van der Waals surface area contributed by atoms with Crippen molar-refractivity contribution in [3.63, 3.8) is 0 Å². The van der Waals surface area contributed by atoms with Gasteiger partial charge in [0, 0.05) is 3.57 Å². The minimum atomic E-state index is 0.750. The Balaban J connectivity index is 0.000000236. The number of aldehydes is 1. The van der Waals surface area contributed by atoms with Gasteiger partial charge in [-0.25, -0.2) is 0 Å². The van der Waals surface area contributed by atoms with Crippen molar-refractivity contribution < 1.29 is 4.79 Å². The maximum absolute atomic E-state index is 8.81. The van der Waals surface area contributed by atoms with Crippen molar-refractivity contribution in [1.29, 1.82) is 0 Å². The van der Waals surface area contributed by atoms with Gasteiger partial charge in [-0.15, -0.1) is 0 Å². The zero-order chi connectivity index (χ0) is 7.82. The van der Waals surface area contributed by atoms with Crippen LogP contribution in [0.25, 0.3) is 0 Å². The predicted octanol–water partition coefficient (Wildman–Crippen LogP) is 2.50. The van der Waals surface area contributed by atoms with Gasteiger partial charge in [0.1, 0.15) is 6.29 Å². The summed E-state index contributed by atoms with van der Waals surface area (Å²) in [6.07, 6.45) is 0.750. The van der Waals surface area contributed by atoms with Crippen molar-refractivity contribution in [3.8, 4) is 0 Å². The lowest BCUT2D eigenvalue weighted by Gasteiger charge is -1.80. The zero-order valence-corrected chi connectivity index (χ0v) is 7.91. The molecule has 0 aromatic heterocycles. The molecule has 0 heterocycles. The molecule has 1 nitrogen and oxygen atoms in total. The van der Waals surface area contributed by atoms with E-state index < -0.39 is 0 Å². The molecule has 0 bridgehead atoms. The van der Waals surface area contributed by atoms with Gasteiger partial charge in [0.2, 0.25) is 0 Å². The van der Waals surface area contributed by atoms with E-state index >= 15 is 0 Å². The zero-order valence-electron chi connectivity index (χ0n) is 5.75. The lowest BCUT2D eigenvalue weighted by Crippen LogP contribution is -1.61. The summed E-state index contributed by atoms with van der Waals surface area (Å²) >= 11 is 2.28. The number of halogens is 1. The van der Waals surface area contributed by atoms with Crippen LogP contribution in [0.5, 0.6) is 0 Å². The van der Waals surface area contributed by atoms with Gasteiger partial charge in [-0.3, -0.25) is 0 Å². The third kappa shape index (κ3) is 5.75.